The second-order valence-electron chi connectivity index (χ2n) is 5.90. The van der Waals surface area contributed by atoms with Crippen LogP contribution in [-0.4, -0.2) is 40.5 Å². The Morgan fingerprint density at radius 2 is 2.00 bits per heavy atom. The van der Waals surface area contributed by atoms with Crippen LogP contribution in [0.4, 0.5) is 0 Å². The molecular weight excluding hydrogens is 232 g/mol. The largest absolute Gasteiger partial charge is 0.480 e. The summed E-state index contributed by atoms with van der Waals surface area (Å²) in [7, 11) is 0. The van der Waals surface area contributed by atoms with Gasteiger partial charge in [0, 0.05) is 6.54 Å². The smallest absolute Gasteiger partial charge is 0.326 e. The molecule has 0 spiro atoms. The van der Waals surface area contributed by atoms with Gasteiger partial charge in [-0.3, -0.25) is 4.79 Å². The lowest BCUT2D eigenvalue weighted by Gasteiger charge is -2.28. The van der Waals surface area contributed by atoms with Crippen molar-refractivity contribution in [1.29, 1.82) is 0 Å². The molecule has 4 unspecified atom stereocenters. The molecule has 0 aromatic carbocycles. The first kappa shape index (κ1) is 13.3. The summed E-state index contributed by atoms with van der Waals surface area (Å²) in [5, 5.41) is 9.37. The van der Waals surface area contributed by atoms with Crippen molar-refractivity contribution < 1.29 is 14.7 Å². The number of rotatable bonds is 3. The third kappa shape index (κ3) is 2.11. The van der Waals surface area contributed by atoms with E-state index in [2.05, 4.69) is 0 Å². The third-order valence-corrected chi connectivity index (χ3v) is 4.43. The zero-order valence-corrected chi connectivity index (χ0v) is 11.0. The van der Waals surface area contributed by atoms with Crippen molar-refractivity contribution in [3.8, 4) is 0 Å². The van der Waals surface area contributed by atoms with E-state index in [0.29, 0.717) is 12.5 Å². The summed E-state index contributed by atoms with van der Waals surface area (Å²) in [6.45, 7) is 4.34. The number of carbonyl (C=O) groups is 2. The monoisotopic (exact) mass is 254 g/mol. The molecule has 1 aliphatic heterocycles. The van der Waals surface area contributed by atoms with Crippen LogP contribution in [0.2, 0.25) is 0 Å². The average molecular weight is 254 g/mol. The van der Waals surface area contributed by atoms with Gasteiger partial charge in [-0.15, -0.1) is 0 Å². The minimum Gasteiger partial charge on any atom is -0.480 e. The number of nitrogens with two attached hydrogens (primary N) is 1. The van der Waals surface area contributed by atoms with Gasteiger partial charge in [0.05, 0.1) is 6.04 Å². The van der Waals surface area contributed by atoms with Gasteiger partial charge in [0.1, 0.15) is 6.04 Å². The van der Waals surface area contributed by atoms with Crippen molar-refractivity contribution in [3.05, 3.63) is 0 Å². The minimum atomic E-state index is -0.881. The van der Waals surface area contributed by atoms with Crippen LogP contribution in [0.3, 0.4) is 0 Å². The van der Waals surface area contributed by atoms with Crippen molar-refractivity contribution in [2.45, 2.75) is 45.2 Å². The third-order valence-electron chi connectivity index (χ3n) is 4.43. The van der Waals surface area contributed by atoms with Crippen LogP contribution in [0.25, 0.3) is 0 Å². The second kappa shape index (κ2) is 4.88. The molecule has 1 aliphatic carbocycles. The van der Waals surface area contributed by atoms with E-state index in [1.54, 1.807) is 0 Å². The quantitative estimate of drug-likeness (QED) is 0.776. The summed E-state index contributed by atoms with van der Waals surface area (Å²) in [6, 6.07) is -1.25. The van der Waals surface area contributed by atoms with Gasteiger partial charge in [-0.2, -0.15) is 0 Å². The topological polar surface area (TPSA) is 83.6 Å². The van der Waals surface area contributed by atoms with Crippen LogP contribution in [0.15, 0.2) is 0 Å². The van der Waals surface area contributed by atoms with Crippen LogP contribution in [0.5, 0.6) is 0 Å². The second-order valence-corrected chi connectivity index (χ2v) is 5.90. The van der Waals surface area contributed by atoms with Gasteiger partial charge < -0.3 is 15.7 Å². The lowest BCUT2D eigenvalue weighted by molar-refractivity contribution is -0.150. The molecule has 5 nitrogen and oxygen atoms in total. The fourth-order valence-electron chi connectivity index (χ4n) is 3.33. The molecule has 2 aliphatic rings. The van der Waals surface area contributed by atoms with Crippen molar-refractivity contribution in [2.24, 2.45) is 23.5 Å². The number of aliphatic carboxylic acids is 1. The molecule has 0 aromatic heterocycles. The molecule has 1 saturated heterocycles. The van der Waals surface area contributed by atoms with E-state index < -0.39 is 18.1 Å². The molecule has 2 rings (SSSR count). The van der Waals surface area contributed by atoms with Gasteiger partial charge >= 0.3 is 5.97 Å². The molecule has 2 fully saturated rings. The lowest BCUT2D eigenvalue weighted by Crippen LogP contribution is -2.51. The van der Waals surface area contributed by atoms with Crippen molar-refractivity contribution >= 4 is 11.9 Å². The standard InChI is InChI=1S/C13H22N2O3/c1-7(2)10(14)12(16)15-6-8-4-3-5-9(8)11(15)13(17)18/h7-11H,3-6,14H2,1-2H3,(H,17,18). The van der Waals surface area contributed by atoms with Gasteiger partial charge in [-0.1, -0.05) is 20.3 Å². The van der Waals surface area contributed by atoms with E-state index in [1.807, 2.05) is 13.8 Å². The van der Waals surface area contributed by atoms with E-state index in [9.17, 15) is 14.7 Å². The molecule has 5 heteroatoms. The van der Waals surface area contributed by atoms with Gasteiger partial charge in [-0.05, 0) is 30.6 Å². The molecule has 102 valence electrons. The number of nitrogens with zero attached hydrogens (tertiary/aromatic N) is 1. The number of fused-ring (bicyclic) bond motifs is 1. The van der Waals surface area contributed by atoms with Crippen molar-refractivity contribution in [1.82, 2.24) is 4.90 Å². The van der Waals surface area contributed by atoms with Crippen molar-refractivity contribution in [3.63, 3.8) is 0 Å². The molecule has 1 amide bonds. The van der Waals surface area contributed by atoms with Crippen LogP contribution in [-0.2, 0) is 9.59 Å². The predicted octanol–water partition coefficient (Wildman–Crippen LogP) is 0.681. The van der Waals surface area contributed by atoms with Crippen LogP contribution < -0.4 is 5.73 Å². The maximum absolute atomic E-state index is 12.3. The fourth-order valence-corrected chi connectivity index (χ4v) is 3.33. The number of carboxylic acid groups (broad SMARTS) is 1. The number of carboxylic acids is 1. The normalized spacial score (nSPS) is 32.7. The first-order valence-electron chi connectivity index (χ1n) is 6.72. The Morgan fingerprint density at radius 3 is 2.56 bits per heavy atom. The van der Waals surface area contributed by atoms with Crippen LogP contribution in [0.1, 0.15) is 33.1 Å². The highest BCUT2D eigenvalue weighted by atomic mass is 16.4. The zero-order chi connectivity index (χ0) is 13.4. The minimum absolute atomic E-state index is 0.0346. The Labute approximate surface area is 107 Å². The number of hydrogen-bond acceptors (Lipinski definition) is 3. The Balaban J connectivity index is 2.17. The predicted molar refractivity (Wildman–Crippen MR) is 66.8 cm³/mol. The van der Waals surface area contributed by atoms with E-state index in [4.69, 9.17) is 5.73 Å². The van der Waals surface area contributed by atoms with Gasteiger partial charge in [-0.25, -0.2) is 4.79 Å². The maximum Gasteiger partial charge on any atom is 0.326 e. The molecule has 3 N–H and O–H groups in total. The first-order chi connectivity index (χ1) is 8.43. The van der Waals surface area contributed by atoms with Crippen LogP contribution in [0, 0.1) is 17.8 Å². The summed E-state index contributed by atoms with van der Waals surface area (Å²) in [4.78, 5) is 25.2. The molecule has 1 saturated carbocycles. The zero-order valence-electron chi connectivity index (χ0n) is 11.0. The summed E-state index contributed by atoms with van der Waals surface area (Å²) < 4.78 is 0. The number of hydrogen-bond donors (Lipinski definition) is 2. The average Bonchev–Trinajstić information content (AvgIpc) is 2.85. The summed E-state index contributed by atoms with van der Waals surface area (Å²) in [6.07, 6.45) is 3.04. The lowest BCUT2D eigenvalue weighted by atomic mass is 9.94. The van der Waals surface area contributed by atoms with Gasteiger partial charge in [0.2, 0.25) is 5.91 Å². The molecule has 18 heavy (non-hydrogen) atoms. The van der Waals surface area contributed by atoms with E-state index in [1.165, 1.54) is 4.90 Å². The Hall–Kier alpha value is -1.10. The highest BCUT2D eigenvalue weighted by Crippen LogP contribution is 2.42. The Morgan fingerprint density at radius 1 is 1.33 bits per heavy atom. The molecule has 4 atom stereocenters. The van der Waals surface area contributed by atoms with E-state index in [-0.39, 0.29) is 17.7 Å². The molecule has 0 bridgehead atoms. The highest BCUT2D eigenvalue weighted by molar-refractivity contribution is 5.88. The maximum atomic E-state index is 12.3. The SMILES string of the molecule is CC(C)C(N)C(=O)N1CC2CCCC2C1C(=O)O. The first-order valence-corrected chi connectivity index (χ1v) is 6.72. The summed E-state index contributed by atoms with van der Waals surface area (Å²) in [5.41, 5.74) is 5.87. The van der Waals surface area contributed by atoms with E-state index in [0.717, 1.165) is 19.3 Å². The number of carbonyl (C=O) groups excluding carboxylic acids is 1. The van der Waals surface area contributed by atoms with Crippen molar-refractivity contribution in [2.75, 3.05) is 6.54 Å². The Kier molecular flexibility index (Phi) is 3.61. The Bertz CT molecular complexity index is 356. The van der Waals surface area contributed by atoms with E-state index >= 15 is 0 Å². The molecule has 1 heterocycles. The number of amides is 1. The molecule has 0 aromatic rings. The highest BCUT2D eigenvalue weighted by Gasteiger charge is 2.50. The summed E-state index contributed by atoms with van der Waals surface area (Å²) in [5.74, 6) is -0.562. The fraction of sp³-hybridized carbons (Fsp3) is 0.846. The summed E-state index contributed by atoms with van der Waals surface area (Å²) >= 11 is 0. The number of likely N-dealkylation sites (tertiary alicyclic amines) is 1. The van der Waals surface area contributed by atoms with Gasteiger partial charge in [0.25, 0.3) is 0 Å². The van der Waals surface area contributed by atoms with Crippen LogP contribution >= 0.6 is 0 Å². The molecule has 0 radical (unpaired) electrons. The molecular formula is C13H22N2O3. The van der Waals surface area contributed by atoms with Gasteiger partial charge in [0.15, 0.2) is 0 Å².